The van der Waals surface area contributed by atoms with Crippen molar-refractivity contribution in [2.75, 3.05) is 50.6 Å². The van der Waals surface area contributed by atoms with Crippen LogP contribution in [0.1, 0.15) is 11.1 Å². The van der Waals surface area contributed by atoms with Crippen LogP contribution in [-0.4, -0.2) is 66.4 Å². The van der Waals surface area contributed by atoms with Crippen LogP contribution in [0.15, 0.2) is 53.7 Å². The predicted molar refractivity (Wildman–Crippen MR) is 130 cm³/mol. The maximum absolute atomic E-state index is 12.5. The molecular weight excluding hydrogens is 438 g/mol. The molecule has 2 heterocycles. The lowest BCUT2D eigenvalue weighted by Crippen LogP contribution is -2.37. The van der Waals surface area contributed by atoms with E-state index >= 15 is 0 Å². The second-order valence-corrected chi connectivity index (χ2v) is 8.70. The van der Waals surface area contributed by atoms with Gasteiger partial charge >= 0.3 is 0 Å². The lowest BCUT2D eigenvalue weighted by atomic mass is 10.1. The zero-order chi connectivity index (χ0) is 23.0. The van der Waals surface area contributed by atoms with Crippen LogP contribution in [0, 0.1) is 6.92 Å². The molecule has 4 rings (SSSR count). The van der Waals surface area contributed by atoms with Gasteiger partial charge in [0.1, 0.15) is 5.75 Å². The highest BCUT2D eigenvalue weighted by atomic mass is 32.2. The van der Waals surface area contributed by atoms with Crippen LogP contribution in [0.5, 0.6) is 5.75 Å². The molecule has 3 aromatic rings. The summed E-state index contributed by atoms with van der Waals surface area (Å²) < 4.78 is 12.9. The minimum atomic E-state index is -0.0402. The fraction of sp³-hybridized carbons (Fsp3) is 0.375. The molecule has 9 heteroatoms. The van der Waals surface area contributed by atoms with Crippen molar-refractivity contribution in [3.8, 4) is 11.4 Å². The Hall–Kier alpha value is -3.04. The Morgan fingerprint density at radius 2 is 1.97 bits per heavy atom. The monoisotopic (exact) mass is 467 g/mol. The van der Waals surface area contributed by atoms with Crippen molar-refractivity contribution in [3.05, 3.63) is 59.7 Å². The number of carbonyl (C=O) groups excluding carboxylic acids is 1. The van der Waals surface area contributed by atoms with Crippen LogP contribution in [0.3, 0.4) is 0 Å². The summed E-state index contributed by atoms with van der Waals surface area (Å²) in [7, 11) is 1.66. The third-order valence-corrected chi connectivity index (χ3v) is 6.34. The summed E-state index contributed by atoms with van der Waals surface area (Å²) in [6.45, 7) is 5.46. The molecule has 1 amide bonds. The molecule has 174 valence electrons. The van der Waals surface area contributed by atoms with E-state index in [1.807, 2.05) is 41.0 Å². The van der Waals surface area contributed by atoms with Crippen LogP contribution < -0.4 is 15.0 Å². The van der Waals surface area contributed by atoms with Crippen molar-refractivity contribution < 1.29 is 14.3 Å². The van der Waals surface area contributed by atoms with Gasteiger partial charge in [-0.3, -0.25) is 9.36 Å². The van der Waals surface area contributed by atoms with Crippen LogP contribution >= 0.6 is 11.8 Å². The minimum Gasteiger partial charge on any atom is -0.496 e. The Kier molecular flexibility index (Phi) is 7.85. The smallest absolute Gasteiger partial charge is 0.232 e. The number of aryl methyl sites for hydroxylation is 1. The zero-order valence-electron chi connectivity index (χ0n) is 19.0. The number of anilines is 1. The second kappa shape index (κ2) is 11.2. The molecule has 0 aliphatic carbocycles. The molecule has 0 atom stereocenters. The van der Waals surface area contributed by atoms with Gasteiger partial charge in [0.05, 0.1) is 31.8 Å². The number of morpholine rings is 1. The Balaban J connectivity index is 1.42. The average molecular weight is 468 g/mol. The molecule has 0 unspecified atom stereocenters. The zero-order valence-corrected chi connectivity index (χ0v) is 19.8. The Labute approximate surface area is 198 Å². The van der Waals surface area contributed by atoms with Gasteiger partial charge in [0, 0.05) is 19.6 Å². The molecule has 1 fully saturated rings. The van der Waals surface area contributed by atoms with Crippen LogP contribution in [-0.2, 0) is 16.0 Å². The normalized spacial score (nSPS) is 13.7. The standard InChI is InChI=1S/C24H29N5O3S/c1-18-6-5-8-20(16-18)29-23(28-12-14-32-15-13-28)26-27-24(29)33-17-22(30)25-11-10-19-7-3-4-9-21(19)31-2/h3-9,16H,10-15,17H2,1-2H3,(H,25,30). The highest BCUT2D eigenvalue weighted by Crippen LogP contribution is 2.27. The van der Waals surface area contributed by atoms with Crippen LogP contribution in [0.25, 0.3) is 5.69 Å². The fourth-order valence-electron chi connectivity index (χ4n) is 3.74. The number of para-hydroxylation sites is 1. The van der Waals surface area contributed by atoms with E-state index in [9.17, 15) is 4.79 Å². The van der Waals surface area contributed by atoms with Gasteiger partial charge < -0.3 is 19.7 Å². The van der Waals surface area contributed by atoms with Crippen molar-refractivity contribution >= 4 is 23.6 Å². The molecule has 0 spiro atoms. The lowest BCUT2D eigenvalue weighted by molar-refractivity contribution is -0.118. The molecule has 2 aromatic carbocycles. The van der Waals surface area contributed by atoms with Crippen LogP contribution in [0.2, 0.25) is 0 Å². The number of methoxy groups -OCH3 is 1. The lowest BCUT2D eigenvalue weighted by Gasteiger charge is -2.28. The first-order chi connectivity index (χ1) is 16.2. The average Bonchev–Trinajstić information content (AvgIpc) is 3.27. The van der Waals surface area contributed by atoms with Gasteiger partial charge in [0.25, 0.3) is 0 Å². The van der Waals surface area contributed by atoms with E-state index in [0.29, 0.717) is 31.3 Å². The first-order valence-electron chi connectivity index (χ1n) is 11.0. The van der Waals surface area contributed by atoms with Gasteiger partial charge in [-0.25, -0.2) is 0 Å². The summed E-state index contributed by atoms with van der Waals surface area (Å²) in [4.78, 5) is 14.7. The second-order valence-electron chi connectivity index (χ2n) is 7.76. The molecule has 1 aromatic heterocycles. The summed E-state index contributed by atoms with van der Waals surface area (Å²) >= 11 is 1.39. The van der Waals surface area contributed by atoms with E-state index in [1.165, 1.54) is 11.8 Å². The molecule has 1 aliphatic rings. The van der Waals surface area contributed by atoms with Gasteiger partial charge in [-0.05, 0) is 42.7 Å². The third kappa shape index (κ3) is 5.85. The van der Waals surface area contributed by atoms with E-state index in [4.69, 9.17) is 9.47 Å². The molecule has 8 nitrogen and oxygen atoms in total. The Bertz CT molecular complexity index is 1080. The summed E-state index contributed by atoms with van der Waals surface area (Å²) in [6, 6.07) is 16.1. The highest BCUT2D eigenvalue weighted by Gasteiger charge is 2.22. The topological polar surface area (TPSA) is 81.5 Å². The summed E-state index contributed by atoms with van der Waals surface area (Å²) in [5.41, 5.74) is 3.21. The first kappa shape index (κ1) is 23.1. The molecule has 0 bridgehead atoms. The number of nitrogens with zero attached hydrogens (tertiary/aromatic N) is 4. The quantitative estimate of drug-likeness (QED) is 0.485. The maximum atomic E-state index is 12.5. The van der Waals surface area contributed by atoms with E-state index in [2.05, 4.69) is 39.5 Å². The van der Waals surface area contributed by atoms with E-state index in [0.717, 1.165) is 41.6 Å². The van der Waals surface area contributed by atoms with E-state index < -0.39 is 0 Å². The molecule has 1 saturated heterocycles. The van der Waals surface area contributed by atoms with Crippen molar-refractivity contribution in [2.24, 2.45) is 0 Å². The van der Waals surface area contributed by atoms with Crippen LogP contribution in [0.4, 0.5) is 5.95 Å². The summed E-state index contributed by atoms with van der Waals surface area (Å²) in [5, 5.41) is 12.6. The molecule has 1 aliphatic heterocycles. The van der Waals surface area contributed by atoms with Gasteiger partial charge in [-0.2, -0.15) is 0 Å². The predicted octanol–water partition coefficient (Wildman–Crippen LogP) is 2.87. The number of rotatable bonds is 9. The molecule has 0 radical (unpaired) electrons. The number of hydrogen-bond donors (Lipinski definition) is 1. The number of carbonyl (C=O) groups is 1. The van der Waals surface area contributed by atoms with E-state index in [1.54, 1.807) is 7.11 Å². The first-order valence-corrected chi connectivity index (χ1v) is 12.0. The van der Waals surface area contributed by atoms with Crippen molar-refractivity contribution in [1.82, 2.24) is 20.1 Å². The number of nitrogens with one attached hydrogen (secondary N) is 1. The van der Waals surface area contributed by atoms with Gasteiger partial charge in [-0.15, -0.1) is 10.2 Å². The summed E-state index contributed by atoms with van der Waals surface area (Å²) in [5.74, 6) is 1.84. The Morgan fingerprint density at radius 1 is 1.15 bits per heavy atom. The third-order valence-electron chi connectivity index (χ3n) is 5.41. The van der Waals surface area contributed by atoms with E-state index in [-0.39, 0.29) is 11.7 Å². The van der Waals surface area contributed by atoms with Crippen molar-refractivity contribution in [3.63, 3.8) is 0 Å². The number of benzene rings is 2. The molecule has 33 heavy (non-hydrogen) atoms. The Morgan fingerprint density at radius 3 is 2.76 bits per heavy atom. The molecular formula is C24H29N5O3S. The molecule has 0 saturated carbocycles. The largest absolute Gasteiger partial charge is 0.496 e. The number of amides is 1. The fourth-order valence-corrected chi connectivity index (χ4v) is 4.52. The van der Waals surface area contributed by atoms with Gasteiger partial charge in [0.15, 0.2) is 5.16 Å². The van der Waals surface area contributed by atoms with Crippen molar-refractivity contribution in [2.45, 2.75) is 18.5 Å². The number of ether oxygens (including phenoxy) is 2. The minimum absolute atomic E-state index is 0.0402. The van der Waals surface area contributed by atoms with Crippen molar-refractivity contribution in [1.29, 1.82) is 0 Å². The summed E-state index contributed by atoms with van der Waals surface area (Å²) in [6.07, 6.45) is 0.709. The number of aromatic nitrogens is 3. The van der Waals surface area contributed by atoms with Gasteiger partial charge in [0.2, 0.25) is 11.9 Å². The van der Waals surface area contributed by atoms with Gasteiger partial charge in [-0.1, -0.05) is 42.1 Å². The number of thioether (sulfide) groups is 1. The molecule has 1 N–H and O–H groups in total. The highest BCUT2D eigenvalue weighted by molar-refractivity contribution is 7.99. The number of hydrogen-bond acceptors (Lipinski definition) is 7. The SMILES string of the molecule is COc1ccccc1CCNC(=O)CSc1nnc(N2CCOCC2)n1-c1cccc(C)c1. The maximum Gasteiger partial charge on any atom is 0.232 e.